The minimum absolute atomic E-state index is 0.233. The van der Waals surface area contributed by atoms with Gasteiger partial charge in [0.2, 0.25) is 0 Å². The van der Waals surface area contributed by atoms with E-state index in [-0.39, 0.29) is 6.61 Å². The Kier molecular flexibility index (Phi) is 3.68. The molecule has 3 N–H and O–H groups in total. The predicted octanol–water partition coefficient (Wildman–Crippen LogP) is -0.519. The Morgan fingerprint density at radius 1 is 1.53 bits per heavy atom. The third kappa shape index (κ3) is 3.00. The van der Waals surface area contributed by atoms with Gasteiger partial charge in [0, 0.05) is 37.1 Å². The van der Waals surface area contributed by atoms with E-state index in [4.69, 9.17) is 10.2 Å². The standard InChI is InChI=1S/C11H16N4O2/c1-8-2-11-13-4-9(6-15(11)14-8)3-12-5-10(17)7-16/h2,4,6,10,12,16-17H,3,5,7H2,1H3. The van der Waals surface area contributed by atoms with Gasteiger partial charge >= 0.3 is 0 Å². The summed E-state index contributed by atoms with van der Waals surface area (Å²) < 4.78 is 1.73. The molecule has 0 fully saturated rings. The molecule has 2 rings (SSSR count). The van der Waals surface area contributed by atoms with Crippen LogP contribution in [0.1, 0.15) is 11.3 Å². The molecule has 0 saturated heterocycles. The van der Waals surface area contributed by atoms with Gasteiger partial charge in [0.25, 0.3) is 0 Å². The van der Waals surface area contributed by atoms with Crippen LogP contribution in [0.4, 0.5) is 0 Å². The van der Waals surface area contributed by atoms with Crippen LogP contribution >= 0.6 is 0 Å². The van der Waals surface area contributed by atoms with Crippen LogP contribution in [-0.2, 0) is 6.54 Å². The summed E-state index contributed by atoms with van der Waals surface area (Å²) in [4.78, 5) is 4.27. The zero-order chi connectivity index (χ0) is 12.3. The summed E-state index contributed by atoms with van der Waals surface area (Å²) in [7, 11) is 0. The average Bonchev–Trinajstić information content (AvgIpc) is 2.68. The van der Waals surface area contributed by atoms with Gasteiger partial charge in [0.05, 0.1) is 18.4 Å². The lowest BCUT2D eigenvalue weighted by atomic mass is 10.3. The second kappa shape index (κ2) is 5.22. The first kappa shape index (κ1) is 12.0. The van der Waals surface area contributed by atoms with Gasteiger partial charge in [-0.25, -0.2) is 9.50 Å². The lowest BCUT2D eigenvalue weighted by molar-refractivity contribution is 0.0942. The van der Waals surface area contributed by atoms with Gasteiger partial charge in [0.1, 0.15) is 0 Å². The number of aliphatic hydroxyl groups excluding tert-OH is 2. The number of nitrogens with zero attached hydrogens (tertiary/aromatic N) is 3. The molecule has 0 aliphatic carbocycles. The van der Waals surface area contributed by atoms with Gasteiger partial charge in [-0.1, -0.05) is 0 Å². The van der Waals surface area contributed by atoms with Crippen molar-refractivity contribution >= 4 is 5.65 Å². The highest BCUT2D eigenvalue weighted by Gasteiger charge is 2.03. The minimum atomic E-state index is -0.723. The Balaban J connectivity index is 1.99. The molecule has 2 aromatic rings. The van der Waals surface area contributed by atoms with Crippen molar-refractivity contribution in [3.8, 4) is 0 Å². The van der Waals surface area contributed by atoms with Gasteiger partial charge in [-0.3, -0.25) is 0 Å². The predicted molar refractivity (Wildman–Crippen MR) is 62.5 cm³/mol. The Labute approximate surface area is 98.9 Å². The maximum atomic E-state index is 9.17. The third-order valence-electron chi connectivity index (χ3n) is 2.41. The first-order valence-corrected chi connectivity index (χ1v) is 5.49. The Hall–Kier alpha value is -1.50. The molecule has 0 saturated carbocycles. The van der Waals surface area contributed by atoms with Crippen LogP contribution in [0.3, 0.4) is 0 Å². The van der Waals surface area contributed by atoms with E-state index in [1.807, 2.05) is 19.2 Å². The van der Waals surface area contributed by atoms with Crippen LogP contribution in [0.2, 0.25) is 0 Å². The quantitative estimate of drug-likeness (QED) is 0.650. The summed E-state index contributed by atoms with van der Waals surface area (Å²) in [6.45, 7) is 2.62. The van der Waals surface area contributed by atoms with Crippen molar-refractivity contribution < 1.29 is 10.2 Å². The highest BCUT2D eigenvalue weighted by Crippen LogP contribution is 2.04. The molecule has 0 aliphatic rings. The van der Waals surface area contributed by atoms with Crippen molar-refractivity contribution in [1.82, 2.24) is 19.9 Å². The second-order valence-electron chi connectivity index (χ2n) is 4.02. The van der Waals surface area contributed by atoms with Crippen molar-refractivity contribution in [3.05, 3.63) is 29.7 Å². The number of hydrogen-bond acceptors (Lipinski definition) is 5. The monoisotopic (exact) mass is 236 g/mol. The minimum Gasteiger partial charge on any atom is -0.394 e. The molecule has 0 amide bonds. The number of hydrogen-bond donors (Lipinski definition) is 3. The first-order chi connectivity index (χ1) is 8.19. The molecule has 0 spiro atoms. The zero-order valence-corrected chi connectivity index (χ0v) is 9.67. The Bertz CT molecular complexity index is 497. The number of nitrogens with one attached hydrogen (secondary N) is 1. The Morgan fingerprint density at radius 2 is 2.35 bits per heavy atom. The summed E-state index contributed by atoms with van der Waals surface area (Å²) in [5.74, 6) is 0. The molecule has 6 heteroatoms. The Morgan fingerprint density at radius 3 is 3.12 bits per heavy atom. The normalized spacial score (nSPS) is 13.1. The third-order valence-corrected chi connectivity index (χ3v) is 2.41. The maximum absolute atomic E-state index is 9.17. The molecule has 0 aliphatic heterocycles. The van der Waals surface area contributed by atoms with Crippen LogP contribution in [0.25, 0.3) is 5.65 Å². The van der Waals surface area contributed by atoms with Gasteiger partial charge < -0.3 is 15.5 Å². The molecular weight excluding hydrogens is 220 g/mol. The zero-order valence-electron chi connectivity index (χ0n) is 9.67. The van der Waals surface area contributed by atoms with Gasteiger partial charge in [0.15, 0.2) is 5.65 Å². The fourth-order valence-corrected chi connectivity index (χ4v) is 1.57. The maximum Gasteiger partial charge on any atom is 0.155 e. The van der Waals surface area contributed by atoms with Crippen LogP contribution in [0, 0.1) is 6.92 Å². The molecule has 6 nitrogen and oxygen atoms in total. The topological polar surface area (TPSA) is 82.7 Å². The van der Waals surface area contributed by atoms with E-state index in [0.717, 1.165) is 16.9 Å². The van der Waals surface area contributed by atoms with Gasteiger partial charge in [-0.2, -0.15) is 5.10 Å². The van der Waals surface area contributed by atoms with Crippen LogP contribution < -0.4 is 5.32 Å². The molecule has 1 unspecified atom stereocenters. The molecule has 2 aromatic heterocycles. The average molecular weight is 236 g/mol. The van der Waals surface area contributed by atoms with E-state index in [1.54, 1.807) is 10.7 Å². The molecule has 17 heavy (non-hydrogen) atoms. The molecule has 2 heterocycles. The summed E-state index contributed by atoms with van der Waals surface area (Å²) in [5, 5.41) is 25.1. The smallest absolute Gasteiger partial charge is 0.155 e. The van der Waals surface area contributed by atoms with Crippen molar-refractivity contribution in [2.45, 2.75) is 19.6 Å². The van der Waals surface area contributed by atoms with E-state index < -0.39 is 6.10 Å². The van der Waals surface area contributed by atoms with Crippen molar-refractivity contribution in [2.24, 2.45) is 0 Å². The number of aromatic nitrogens is 3. The van der Waals surface area contributed by atoms with Crippen molar-refractivity contribution in [1.29, 1.82) is 0 Å². The van der Waals surface area contributed by atoms with Gasteiger partial charge in [-0.05, 0) is 6.92 Å². The summed E-state index contributed by atoms with van der Waals surface area (Å²) in [6, 6.07) is 1.91. The fourth-order valence-electron chi connectivity index (χ4n) is 1.57. The van der Waals surface area contributed by atoms with Crippen LogP contribution in [0.15, 0.2) is 18.5 Å². The van der Waals surface area contributed by atoms with E-state index in [2.05, 4.69) is 15.4 Å². The van der Waals surface area contributed by atoms with Crippen molar-refractivity contribution in [2.75, 3.05) is 13.2 Å². The number of fused-ring (bicyclic) bond motifs is 1. The molecule has 1 atom stereocenters. The molecular formula is C11H16N4O2. The van der Waals surface area contributed by atoms with E-state index in [0.29, 0.717) is 13.1 Å². The number of rotatable bonds is 5. The van der Waals surface area contributed by atoms with E-state index in [1.165, 1.54) is 0 Å². The largest absolute Gasteiger partial charge is 0.394 e. The highest BCUT2D eigenvalue weighted by atomic mass is 16.3. The molecule has 0 radical (unpaired) electrons. The van der Waals surface area contributed by atoms with E-state index >= 15 is 0 Å². The lowest BCUT2D eigenvalue weighted by Crippen LogP contribution is -2.29. The lowest BCUT2D eigenvalue weighted by Gasteiger charge is -2.08. The second-order valence-corrected chi connectivity index (χ2v) is 4.02. The number of aliphatic hydroxyl groups is 2. The summed E-state index contributed by atoms with van der Waals surface area (Å²) in [5.41, 5.74) is 2.73. The van der Waals surface area contributed by atoms with E-state index in [9.17, 15) is 0 Å². The fraction of sp³-hybridized carbons (Fsp3) is 0.455. The molecule has 92 valence electrons. The van der Waals surface area contributed by atoms with Gasteiger partial charge in [-0.15, -0.1) is 0 Å². The summed E-state index contributed by atoms with van der Waals surface area (Å²) in [6.07, 6.45) is 2.95. The number of aryl methyl sites for hydroxylation is 1. The molecule has 0 aromatic carbocycles. The SMILES string of the molecule is Cc1cc2ncc(CNCC(O)CO)cn2n1. The first-order valence-electron chi connectivity index (χ1n) is 5.49. The highest BCUT2D eigenvalue weighted by molar-refractivity contribution is 5.38. The van der Waals surface area contributed by atoms with Crippen LogP contribution in [-0.4, -0.2) is 44.1 Å². The van der Waals surface area contributed by atoms with Crippen LogP contribution in [0.5, 0.6) is 0 Å². The molecule has 0 bridgehead atoms. The van der Waals surface area contributed by atoms with Crippen molar-refractivity contribution in [3.63, 3.8) is 0 Å². The summed E-state index contributed by atoms with van der Waals surface area (Å²) >= 11 is 0.